The van der Waals surface area contributed by atoms with E-state index in [0.29, 0.717) is 16.7 Å². The maximum Gasteiger partial charge on any atom is 0.332 e. The van der Waals surface area contributed by atoms with Gasteiger partial charge in [-0.05, 0) is 24.6 Å². The number of aromatic amines is 1. The van der Waals surface area contributed by atoms with Gasteiger partial charge < -0.3 is 19.9 Å². The Bertz CT molecular complexity index is 1780. The maximum absolute atomic E-state index is 13.1. The molecule has 0 radical (unpaired) electrons. The normalized spacial score (nSPS) is 12.6. The molecule has 0 aliphatic rings. The molecule has 12 nitrogen and oxygen atoms in total. The van der Waals surface area contributed by atoms with Crippen LogP contribution < -0.4 is 16.0 Å². The fraction of sp³-hybridized carbons (Fsp3) is 0.240. The first kappa shape index (κ1) is 24.0. The molecule has 5 rings (SSSR count). The molecule has 5 aromatic rings. The molecule has 0 bridgehead atoms. The van der Waals surface area contributed by atoms with Crippen LogP contribution in [0.5, 0.6) is 11.6 Å². The summed E-state index contributed by atoms with van der Waals surface area (Å²) in [5.41, 5.74) is 0.813. The molecule has 1 atom stereocenters. The Morgan fingerprint density at radius 2 is 1.78 bits per heavy atom. The first-order chi connectivity index (χ1) is 17.8. The average molecular weight is 504 g/mol. The smallest absolute Gasteiger partial charge is 0.332 e. The van der Waals surface area contributed by atoms with E-state index in [1.807, 2.05) is 31.2 Å². The van der Waals surface area contributed by atoms with Crippen LogP contribution in [0, 0.1) is 6.92 Å². The van der Waals surface area contributed by atoms with Gasteiger partial charge in [-0.15, -0.1) is 10.2 Å². The highest BCUT2D eigenvalue weighted by Crippen LogP contribution is 2.36. The standard InChI is InChI=1S/C25H25N7O5/c1-14-8-4-7-11-18(14)37-13-15(33)12-32-20-21(30(2)25(36)31(3)23(20)35)27-24(32)29-28-19-16-9-5-6-10-17(16)26-22(19)34/h4-11,15,26,33-34H,12-13H2,1-3H3/t15-/m0/s1. The third-order valence-corrected chi connectivity index (χ3v) is 6.14. The number of ether oxygens (including phenoxy) is 1. The lowest BCUT2D eigenvalue weighted by atomic mass is 10.2. The first-order valence-electron chi connectivity index (χ1n) is 11.5. The average Bonchev–Trinajstić information content (AvgIpc) is 3.41. The van der Waals surface area contributed by atoms with Gasteiger partial charge in [0.15, 0.2) is 16.9 Å². The summed E-state index contributed by atoms with van der Waals surface area (Å²) in [7, 11) is 2.86. The molecule has 0 amide bonds. The van der Waals surface area contributed by atoms with E-state index in [0.717, 1.165) is 10.1 Å². The van der Waals surface area contributed by atoms with Gasteiger partial charge in [-0.3, -0.25) is 18.5 Å². The zero-order valence-electron chi connectivity index (χ0n) is 20.4. The highest BCUT2D eigenvalue weighted by molar-refractivity contribution is 5.94. The number of aliphatic hydroxyl groups is 1. The Balaban J connectivity index is 1.57. The Hall–Kier alpha value is -4.71. The number of aryl methyl sites for hydroxylation is 2. The van der Waals surface area contributed by atoms with Crippen molar-refractivity contribution in [2.75, 3.05) is 6.61 Å². The Labute approximate surface area is 209 Å². The predicted molar refractivity (Wildman–Crippen MR) is 137 cm³/mol. The SMILES string of the molecule is Cc1ccccc1OC[C@@H](O)Cn1c(N=Nc2c(O)[nH]c3ccccc23)nc2c1c(=O)n(C)c(=O)n2C. The zero-order chi connectivity index (χ0) is 26.3. The molecule has 0 aliphatic heterocycles. The lowest BCUT2D eigenvalue weighted by Gasteiger charge is -2.15. The van der Waals surface area contributed by atoms with Crippen molar-refractivity contribution in [1.82, 2.24) is 23.7 Å². The Kier molecular flexibility index (Phi) is 6.09. The van der Waals surface area contributed by atoms with Crippen LogP contribution in [0.2, 0.25) is 0 Å². The summed E-state index contributed by atoms with van der Waals surface area (Å²) < 4.78 is 9.36. The quantitative estimate of drug-likeness (QED) is 0.291. The number of rotatable bonds is 7. The summed E-state index contributed by atoms with van der Waals surface area (Å²) in [5, 5.41) is 30.2. The molecule has 0 aliphatic carbocycles. The van der Waals surface area contributed by atoms with Gasteiger partial charge in [-0.2, -0.15) is 4.98 Å². The molecular formula is C25H25N7O5. The van der Waals surface area contributed by atoms with Crippen molar-refractivity contribution in [1.29, 1.82) is 0 Å². The van der Waals surface area contributed by atoms with Crippen molar-refractivity contribution in [3.63, 3.8) is 0 Å². The topological polar surface area (TPSA) is 152 Å². The van der Waals surface area contributed by atoms with E-state index in [9.17, 15) is 19.8 Å². The van der Waals surface area contributed by atoms with Gasteiger partial charge in [0.2, 0.25) is 5.88 Å². The van der Waals surface area contributed by atoms with Crippen LogP contribution >= 0.6 is 0 Å². The van der Waals surface area contributed by atoms with E-state index >= 15 is 0 Å². The number of imidazole rings is 1. The minimum atomic E-state index is -1.05. The molecule has 0 saturated carbocycles. The number of nitrogens with one attached hydrogen (secondary N) is 1. The number of H-pyrrole nitrogens is 1. The van der Waals surface area contributed by atoms with Gasteiger partial charge in [-0.1, -0.05) is 36.4 Å². The van der Waals surface area contributed by atoms with Crippen molar-refractivity contribution in [3.8, 4) is 11.6 Å². The summed E-state index contributed by atoms with van der Waals surface area (Å²) in [4.78, 5) is 32.8. The van der Waals surface area contributed by atoms with Crippen molar-refractivity contribution < 1.29 is 14.9 Å². The monoisotopic (exact) mass is 503 g/mol. The number of aromatic nitrogens is 5. The van der Waals surface area contributed by atoms with Crippen LogP contribution in [0.15, 0.2) is 68.3 Å². The number of nitrogens with zero attached hydrogens (tertiary/aromatic N) is 6. The molecule has 2 aromatic carbocycles. The summed E-state index contributed by atoms with van der Waals surface area (Å²) in [6.45, 7) is 1.73. The molecule has 37 heavy (non-hydrogen) atoms. The maximum atomic E-state index is 13.1. The van der Waals surface area contributed by atoms with Gasteiger partial charge in [0.25, 0.3) is 11.5 Å². The van der Waals surface area contributed by atoms with E-state index in [-0.39, 0.29) is 41.8 Å². The highest BCUT2D eigenvalue weighted by Gasteiger charge is 2.22. The summed E-state index contributed by atoms with van der Waals surface area (Å²) >= 11 is 0. The summed E-state index contributed by atoms with van der Waals surface area (Å²) in [6.07, 6.45) is -1.05. The van der Waals surface area contributed by atoms with E-state index in [2.05, 4.69) is 20.2 Å². The fourth-order valence-corrected chi connectivity index (χ4v) is 4.16. The number of fused-ring (bicyclic) bond motifs is 2. The number of aromatic hydroxyl groups is 1. The number of para-hydroxylation sites is 2. The number of benzene rings is 2. The molecule has 3 heterocycles. The van der Waals surface area contributed by atoms with Gasteiger partial charge in [0.05, 0.1) is 12.1 Å². The molecule has 190 valence electrons. The molecule has 0 saturated heterocycles. The first-order valence-corrected chi connectivity index (χ1v) is 11.5. The van der Waals surface area contributed by atoms with Crippen LogP contribution in [0.1, 0.15) is 5.56 Å². The minimum absolute atomic E-state index is 0.0204. The van der Waals surface area contributed by atoms with Gasteiger partial charge in [-0.25, -0.2) is 4.79 Å². The van der Waals surface area contributed by atoms with Gasteiger partial charge in [0.1, 0.15) is 18.5 Å². The second-order valence-electron chi connectivity index (χ2n) is 8.70. The third-order valence-electron chi connectivity index (χ3n) is 6.14. The largest absolute Gasteiger partial charge is 0.493 e. The number of hydrogen-bond acceptors (Lipinski definition) is 8. The molecule has 0 spiro atoms. The lowest BCUT2D eigenvalue weighted by Crippen LogP contribution is -2.38. The third kappa shape index (κ3) is 4.27. The molecule has 0 unspecified atom stereocenters. The van der Waals surface area contributed by atoms with E-state index < -0.39 is 17.4 Å². The van der Waals surface area contributed by atoms with Crippen molar-refractivity contribution >= 4 is 33.7 Å². The van der Waals surface area contributed by atoms with Crippen molar-refractivity contribution in [2.45, 2.75) is 19.6 Å². The highest BCUT2D eigenvalue weighted by atomic mass is 16.5. The van der Waals surface area contributed by atoms with Crippen molar-refractivity contribution in [3.05, 3.63) is 74.9 Å². The lowest BCUT2D eigenvalue weighted by molar-refractivity contribution is 0.0934. The minimum Gasteiger partial charge on any atom is -0.493 e. The molecule has 3 N–H and O–H groups in total. The number of hydrogen-bond donors (Lipinski definition) is 3. The zero-order valence-corrected chi connectivity index (χ0v) is 20.4. The molecule has 3 aromatic heterocycles. The number of azo groups is 1. The summed E-state index contributed by atoms with van der Waals surface area (Å²) in [6, 6.07) is 14.6. The summed E-state index contributed by atoms with van der Waals surface area (Å²) in [5.74, 6) is 0.431. The second-order valence-corrected chi connectivity index (χ2v) is 8.70. The van der Waals surface area contributed by atoms with E-state index in [1.165, 1.54) is 23.2 Å². The van der Waals surface area contributed by atoms with Crippen LogP contribution in [0.25, 0.3) is 22.1 Å². The predicted octanol–water partition coefficient (Wildman–Crippen LogP) is 2.78. The Morgan fingerprint density at radius 3 is 2.57 bits per heavy atom. The van der Waals surface area contributed by atoms with Gasteiger partial charge in [0, 0.05) is 19.5 Å². The van der Waals surface area contributed by atoms with Crippen molar-refractivity contribution in [2.24, 2.45) is 24.3 Å². The Morgan fingerprint density at radius 1 is 1.05 bits per heavy atom. The molecule has 12 heteroatoms. The van der Waals surface area contributed by atoms with E-state index in [1.54, 1.807) is 24.3 Å². The van der Waals surface area contributed by atoms with Crippen LogP contribution in [-0.2, 0) is 20.6 Å². The fourth-order valence-electron chi connectivity index (χ4n) is 4.16. The van der Waals surface area contributed by atoms with Crippen LogP contribution in [-0.4, -0.2) is 46.6 Å². The number of aliphatic hydroxyl groups excluding tert-OH is 1. The van der Waals surface area contributed by atoms with Crippen LogP contribution in [0.3, 0.4) is 0 Å². The second kappa shape index (κ2) is 9.39. The molecule has 0 fully saturated rings. The van der Waals surface area contributed by atoms with E-state index in [4.69, 9.17) is 4.74 Å². The molecular weight excluding hydrogens is 478 g/mol. The van der Waals surface area contributed by atoms with Gasteiger partial charge >= 0.3 is 5.69 Å². The van der Waals surface area contributed by atoms with Crippen LogP contribution in [0.4, 0.5) is 11.6 Å².